The summed E-state index contributed by atoms with van der Waals surface area (Å²) in [5.41, 5.74) is 10.1. The Bertz CT molecular complexity index is 1370. The van der Waals surface area contributed by atoms with Gasteiger partial charge in [0, 0.05) is 56.5 Å². The van der Waals surface area contributed by atoms with Crippen LogP contribution in [0.2, 0.25) is 0 Å². The highest BCUT2D eigenvalue weighted by atomic mass is 16.5. The van der Waals surface area contributed by atoms with Gasteiger partial charge in [-0.15, -0.1) is 0 Å². The first-order chi connectivity index (χ1) is 17.5. The number of amides is 1. The van der Waals surface area contributed by atoms with E-state index in [0.717, 1.165) is 30.0 Å². The van der Waals surface area contributed by atoms with Gasteiger partial charge >= 0.3 is 0 Å². The Balaban J connectivity index is 1.43. The van der Waals surface area contributed by atoms with Gasteiger partial charge in [0.25, 0.3) is 5.91 Å². The summed E-state index contributed by atoms with van der Waals surface area (Å²) in [4.78, 5) is 28.5. The predicted octanol–water partition coefficient (Wildman–Crippen LogP) is 2.95. The van der Waals surface area contributed by atoms with E-state index < -0.39 is 0 Å². The number of nitrogens with one attached hydrogen (secondary N) is 1. The fraction of sp³-hybridized carbons (Fsp3) is 0.308. The first-order valence-electron chi connectivity index (χ1n) is 11.8. The largest absolute Gasteiger partial charge is 0.383 e. The minimum Gasteiger partial charge on any atom is -0.383 e. The number of morpholine rings is 1. The normalized spacial score (nSPS) is 16.3. The van der Waals surface area contributed by atoms with Crippen LogP contribution in [0.1, 0.15) is 27.8 Å². The standard InChI is InChI=1S/C26H29N7O3/c1-17-7-8-28-21(15-17)30-26(34)19-5-3-18(4-6-19)22-23-24(27)29-9-10-33(23)25(31-22)20-16-32(11-13-35-2)12-14-36-20/h3-10,15,20H,11-14,16H2,1-2H3,(H2,27,29)(H,28,30,34)/t20-/m1/s1. The number of nitrogens with zero attached hydrogens (tertiary/aromatic N) is 5. The Labute approximate surface area is 209 Å². The summed E-state index contributed by atoms with van der Waals surface area (Å²) in [6, 6.07) is 11.0. The Morgan fingerprint density at radius 2 is 2.06 bits per heavy atom. The molecular weight excluding hydrogens is 458 g/mol. The van der Waals surface area contributed by atoms with Crippen LogP contribution < -0.4 is 11.1 Å². The van der Waals surface area contributed by atoms with E-state index in [1.807, 2.05) is 41.8 Å². The van der Waals surface area contributed by atoms with Crippen LogP contribution in [0.5, 0.6) is 0 Å². The van der Waals surface area contributed by atoms with E-state index in [1.54, 1.807) is 31.6 Å². The van der Waals surface area contributed by atoms with Crippen LogP contribution in [-0.2, 0) is 9.47 Å². The summed E-state index contributed by atoms with van der Waals surface area (Å²) in [7, 11) is 1.70. The number of methoxy groups -OCH3 is 1. The third-order valence-electron chi connectivity index (χ3n) is 6.24. The van der Waals surface area contributed by atoms with Crippen molar-refractivity contribution in [1.82, 2.24) is 24.3 Å². The number of pyridine rings is 1. The zero-order valence-corrected chi connectivity index (χ0v) is 20.3. The number of carbonyl (C=O) groups is 1. The first-order valence-corrected chi connectivity index (χ1v) is 11.8. The molecule has 1 amide bonds. The van der Waals surface area contributed by atoms with Crippen molar-refractivity contribution in [2.45, 2.75) is 13.0 Å². The molecule has 1 atom stereocenters. The van der Waals surface area contributed by atoms with Crippen molar-refractivity contribution in [1.29, 1.82) is 0 Å². The molecule has 4 aromatic rings. The Kier molecular flexibility index (Phi) is 6.90. The van der Waals surface area contributed by atoms with Crippen LogP contribution in [-0.4, -0.2) is 70.1 Å². The summed E-state index contributed by atoms with van der Waals surface area (Å²) >= 11 is 0. The summed E-state index contributed by atoms with van der Waals surface area (Å²) in [5.74, 6) is 1.43. The zero-order chi connectivity index (χ0) is 25.1. The lowest BCUT2D eigenvalue weighted by atomic mass is 10.1. The minimum atomic E-state index is -0.233. The summed E-state index contributed by atoms with van der Waals surface area (Å²) in [6.07, 6.45) is 4.97. The van der Waals surface area contributed by atoms with E-state index in [0.29, 0.717) is 48.2 Å². The van der Waals surface area contributed by atoms with Crippen LogP contribution >= 0.6 is 0 Å². The number of ether oxygens (including phenoxy) is 2. The number of anilines is 2. The van der Waals surface area contributed by atoms with E-state index in [1.165, 1.54) is 0 Å². The number of rotatable bonds is 7. The third-order valence-corrected chi connectivity index (χ3v) is 6.24. The molecule has 1 aliphatic heterocycles. The second-order valence-corrected chi connectivity index (χ2v) is 8.75. The molecule has 0 spiro atoms. The van der Waals surface area contributed by atoms with Crippen LogP contribution in [0.25, 0.3) is 16.8 Å². The molecule has 4 heterocycles. The lowest BCUT2D eigenvalue weighted by molar-refractivity contribution is -0.0398. The number of hydrogen-bond donors (Lipinski definition) is 2. The highest BCUT2D eigenvalue weighted by Gasteiger charge is 2.28. The van der Waals surface area contributed by atoms with Gasteiger partial charge in [-0.1, -0.05) is 12.1 Å². The molecule has 0 aliphatic carbocycles. The monoisotopic (exact) mass is 487 g/mol. The van der Waals surface area contributed by atoms with Crippen molar-refractivity contribution in [3.05, 3.63) is 71.9 Å². The molecular formula is C26H29N7O3. The summed E-state index contributed by atoms with van der Waals surface area (Å²) in [5, 5.41) is 2.83. The number of benzene rings is 1. The molecule has 0 radical (unpaired) electrons. The van der Waals surface area contributed by atoms with Gasteiger partial charge in [0.2, 0.25) is 0 Å². The van der Waals surface area contributed by atoms with Crippen molar-refractivity contribution >= 4 is 23.1 Å². The predicted molar refractivity (Wildman–Crippen MR) is 137 cm³/mol. The third kappa shape index (κ3) is 4.92. The van der Waals surface area contributed by atoms with Crippen molar-refractivity contribution in [3.8, 4) is 11.3 Å². The molecule has 1 fully saturated rings. The number of hydrogen-bond acceptors (Lipinski definition) is 8. The van der Waals surface area contributed by atoms with Crippen molar-refractivity contribution in [2.75, 3.05) is 51.0 Å². The lowest BCUT2D eigenvalue weighted by Crippen LogP contribution is -2.40. The molecule has 36 heavy (non-hydrogen) atoms. The van der Waals surface area contributed by atoms with Crippen LogP contribution in [0.3, 0.4) is 0 Å². The van der Waals surface area contributed by atoms with Crippen LogP contribution in [0, 0.1) is 6.92 Å². The van der Waals surface area contributed by atoms with Crippen LogP contribution in [0.15, 0.2) is 55.0 Å². The average Bonchev–Trinajstić information content (AvgIpc) is 3.29. The molecule has 0 saturated carbocycles. The molecule has 186 valence electrons. The van der Waals surface area contributed by atoms with Crippen molar-refractivity contribution < 1.29 is 14.3 Å². The van der Waals surface area contributed by atoms with Gasteiger partial charge in [0.05, 0.1) is 13.2 Å². The molecule has 1 aromatic carbocycles. The smallest absolute Gasteiger partial charge is 0.256 e. The van der Waals surface area contributed by atoms with E-state index in [-0.39, 0.29) is 12.0 Å². The number of nitrogen functional groups attached to an aromatic ring is 1. The van der Waals surface area contributed by atoms with E-state index in [9.17, 15) is 4.79 Å². The fourth-order valence-corrected chi connectivity index (χ4v) is 4.37. The van der Waals surface area contributed by atoms with Crippen LogP contribution in [0.4, 0.5) is 11.6 Å². The molecule has 0 unspecified atom stereocenters. The number of carbonyl (C=O) groups excluding carboxylic acids is 1. The summed E-state index contributed by atoms with van der Waals surface area (Å²) < 4.78 is 13.3. The molecule has 10 nitrogen and oxygen atoms in total. The van der Waals surface area contributed by atoms with Gasteiger partial charge in [-0.3, -0.25) is 14.1 Å². The van der Waals surface area contributed by atoms with E-state index >= 15 is 0 Å². The maximum absolute atomic E-state index is 12.7. The highest BCUT2D eigenvalue weighted by Crippen LogP contribution is 2.32. The minimum absolute atomic E-state index is 0.217. The number of fused-ring (bicyclic) bond motifs is 1. The maximum atomic E-state index is 12.7. The SMILES string of the molecule is COCCN1CCO[C@@H](c2nc(-c3ccc(C(=O)Nc4cc(C)ccn4)cc3)c3c(N)nccn23)C1. The maximum Gasteiger partial charge on any atom is 0.256 e. The first kappa shape index (κ1) is 23.9. The van der Waals surface area contributed by atoms with Gasteiger partial charge in [-0.25, -0.2) is 15.0 Å². The highest BCUT2D eigenvalue weighted by molar-refractivity contribution is 6.04. The molecule has 1 saturated heterocycles. The topological polar surface area (TPSA) is 120 Å². The van der Waals surface area contributed by atoms with E-state index in [2.05, 4.69) is 20.2 Å². The van der Waals surface area contributed by atoms with Crippen molar-refractivity contribution in [2.24, 2.45) is 0 Å². The molecule has 1 aliphatic rings. The molecule has 3 N–H and O–H groups in total. The lowest BCUT2D eigenvalue weighted by Gasteiger charge is -2.32. The molecule has 3 aromatic heterocycles. The summed E-state index contributed by atoms with van der Waals surface area (Å²) in [6.45, 7) is 5.61. The Morgan fingerprint density at radius 1 is 1.22 bits per heavy atom. The van der Waals surface area contributed by atoms with Gasteiger partial charge in [0.1, 0.15) is 34.8 Å². The second kappa shape index (κ2) is 10.4. The number of imidazole rings is 1. The quantitative estimate of drug-likeness (QED) is 0.408. The molecule has 10 heteroatoms. The number of aromatic nitrogens is 4. The van der Waals surface area contributed by atoms with Gasteiger partial charge < -0.3 is 20.5 Å². The van der Waals surface area contributed by atoms with Gasteiger partial charge in [-0.2, -0.15) is 0 Å². The molecule has 0 bridgehead atoms. The number of nitrogens with two attached hydrogens (primary N) is 1. The van der Waals surface area contributed by atoms with E-state index in [4.69, 9.17) is 20.2 Å². The number of aryl methyl sites for hydroxylation is 1. The Hall–Kier alpha value is -3.86. The van der Waals surface area contributed by atoms with Gasteiger partial charge in [0.15, 0.2) is 0 Å². The van der Waals surface area contributed by atoms with Crippen molar-refractivity contribution in [3.63, 3.8) is 0 Å². The second-order valence-electron chi connectivity index (χ2n) is 8.75. The average molecular weight is 488 g/mol. The van der Waals surface area contributed by atoms with Gasteiger partial charge in [-0.05, 0) is 36.8 Å². The zero-order valence-electron chi connectivity index (χ0n) is 20.3. The fourth-order valence-electron chi connectivity index (χ4n) is 4.37. The molecule has 5 rings (SSSR count). The Morgan fingerprint density at radius 3 is 2.83 bits per heavy atom.